The van der Waals surface area contributed by atoms with Crippen LogP contribution in [0.1, 0.15) is 26.4 Å². The summed E-state index contributed by atoms with van der Waals surface area (Å²) in [5, 5.41) is 1.79. The molecule has 3 aromatic rings. The Hall–Kier alpha value is -3.01. The molecule has 2 amide bonds. The van der Waals surface area contributed by atoms with Crippen LogP contribution in [0.3, 0.4) is 0 Å². The number of carbonyl (C=O) groups excluding carboxylic acids is 2. The first-order chi connectivity index (χ1) is 10.7. The number of benzene rings is 2. The number of carbonyl (C=O) groups is 2. The van der Waals surface area contributed by atoms with Gasteiger partial charge in [-0.1, -0.05) is 24.3 Å². The van der Waals surface area contributed by atoms with Crippen molar-refractivity contribution in [1.82, 2.24) is 4.98 Å². The molecule has 0 spiro atoms. The lowest BCUT2D eigenvalue weighted by Gasteiger charge is -2.16. The third kappa shape index (κ3) is 1.61. The van der Waals surface area contributed by atoms with Crippen molar-refractivity contribution in [3.05, 3.63) is 71.5 Å². The van der Waals surface area contributed by atoms with Crippen LogP contribution < -0.4 is 4.90 Å². The number of rotatable bonds is 1. The summed E-state index contributed by atoms with van der Waals surface area (Å²) in [5.41, 5.74) is 2.38. The Bertz CT molecular complexity index is 912. The highest BCUT2D eigenvalue weighted by Crippen LogP contribution is 2.33. The second-order valence-electron chi connectivity index (χ2n) is 5.26. The average Bonchev–Trinajstić information content (AvgIpc) is 2.80. The average molecular weight is 288 g/mol. The van der Waals surface area contributed by atoms with Crippen LogP contribution in [0, 0.1) is 6.92 Å². The van der Waals surface area contributed by atoms with Crippen LogP contribution in [0.5, 0.6) is 0 Å². The summed E-state index contributed by atoms with van der Waals surface area (Å²) in [7, 11) is 0. The number of imide groups is 1. The quantitative estimate of drug-likeness (QED) is 0.645. The Kier molecular flexibility index (Phi) is 2.60. The van der Waals surface area contributed by atoms with Crippen molar-refractivity contribution >= 4 is 28.3 Å². The second kappa shape index (κ2) is 4.49. The molecule has 1 aromatic heterocycles. The largest absolute Gasteiger partial charge is 0.268 e. The Morgan fingerprint density at radius 2 is 1.50 bits per heavy atom. The zero-order chi connectivity index (χ0) is 15.3. The molecule has 0 unspecified atom stereocenters. The molecule has 4 nitrogen and oxygen atoms in total. The highest BCUT2D eigenvalue weighted by Gasteiger charge is 2.36. The molecule has 0 aliphatic carbocycles. The maximum Gasteiger partial charge on any atom is 0.266 e. The molecular formula is C18H12N2O2. The molecule has 1 aliphatic heterocycles. The van der Waals surface area contributed by atoms with Crippen LogP contribution >= 0.6 is 0 Å². The first-order valence-electron chi connectivity index (χ1n) is 7.00. The van der Waals surface area contributed by atoms with Gasteiger partial charge in [0.05, 0.1) is 16.8 Å². The molecule has 22 heavy (non-hydrogen) atoms. The van der Waals surface area contributed by atoms with Gasteiger partial charge in [-0.15, -0.1) is 0 Å². The molecule has 0 fully saturated rings. The van der Waals surface area contributed by atoms with Crippen molar-refractivity contribution in [1.29, 1.82) is 0 Å². The number of amides is 2. The molecule has 4 rings (SSSR count). The third-order valence-electron chi connectivity index (χ3n) is 4.02. The van der Waals surface area contributed by atoms with Gasteiger partial charge in [0.1, 0.15) is 0 Å². The maximum absolute atomic E-state index is 12.6. The standard InChI is InChI=1S/C18H12N2O2/c1-11-12-7-4-8-16(13(12)9-10-19-11)20-17(21)14-5-2-3-6-15(14)18(20)22/h2-10H,1H3. The van der Waals surface area contributed by atoms with Gasteiger partial charge in [-0.25, -0.2) is 4.90 Å². The topological polar surface area (TPSA) is 50.3 Å². The first-order valence-corrected chi connectivity index (χ1v) is 7.00. The number of aromatic nitrogens is 1. The number of hydrogen-bond donors (Lipinski definition) is 0. The van der Waals surface area contributed by atoms with Crippen LogP contribution in [-0.2, 0) is 0 Å². The number of hydrogen-bond acceptors (Lipinski definition) is 3. The molecule has 0 atom stereocenters. The van der Waals surface area contributed by atoms with E-state index >= 15 is 0 Å². The number of fused-ring (bicyclic) bond motifs is 2. The van der Waals surface area contributed by atoms with Crippen LogP contribution in [0.15, 0.2) is 54.7 Å². The summed E-state index contributed by atoms with van der Waals surface area (Å²) in [5.74, 6) is -0.551. The third-order valence-corrected chi connectivity index (χ3v) is 4.02. The number of anilines is 1. The fourth-order valence-electron chi connectivity index (χ4n) is 2.94. The molecular weight excluding hydrogens is 276 g/mol. The van der Waals surface area contributed by atoms with Gasteiger partial charge in [0.15, 0.2) is 0 Å². The van der Waals surface area contributed by atoms with Gasteiger partial charge in [-0.3, -0.25) is 14.6 Å². The minimum Gasteiger partial charge on any atom is -0.268 e. The van der Waals surface area contributed by atoms with E-state index in [0.717, 1.165) is 16.5 Å². The van der Waals surface area contributed by atoms with Crippen LogP contribution in [0.25, 0.3) is 10.8 Å². The van der Waals surface area contributed by atoms with Crippen molar-refractivity contribution in [2.24, 2.45) is 0 Å². The summed E-state index contributed by atoms with van der Waals surface area (Å²) in [6, 6.07) is 14.3. The van der Waals surface area contributed by atoms with E-state index in [-0.39, 0.29) is 11.8 Å². The van der Waals surface area contributed by atoms with E-state index in [2.05, 4.69) is 4.98 Å². The van der Waals surface area contributed by atoms with E-state index in [9.17, 15) is 9.59 Å². The van der Waals surface area contributed by atoms with Gasteiger partial charge >= 0.3 is 0 Å². The van der Waals surface area contributed by atoms with Gasteiger partial charge in [0, 0.05) is 22.7 Å². The highest BCUT2D eigenvalue weighted by atomic mass is 16.2. The lowest BCUT2D eigenvalue weighted by Crippen LogP contribution is -2.29. The van der Waals surface area contributed by atoms with Gasteiger partial charge in [-0.2, -0.15) is 0 Å². The minimum absolute atomic E-state index is 0.275. The highest BCUT2D eigenvalue weighted by molar-refractivity contribution is 6.36. The number of aryl methyl sites for hydroxylation is 1. The Morgan fingerprint density at radius 1 is 0.818 bits per heavy atom. The predicted molar refractivity (Wildman–Crippen MR) is 84.1 cm³/mol. The lowest BCUT2D eigenvalue weighted by molar-refractivity contribution is 0.0926. The normalized spacial score (nSPS) is 13.8. The van der Waals surface area contributed by atoms with Gasteiger partial charge in [0.2, 0.25) is 0 Å². The molecule has 1 aliphatic rings. The molecule has 0 N–H and O–H groups in total. The van der Waals surface area contributed by atoms with E-state index in [0.29, 0.717) is 16.8 Å². The van der Waals surface area contributed by atoms with Crippen LogP contribution in [0.2, 0.25) is 0 Å². The Morgan fingerprint density at radius 3 is 2.18 bits per heavy atom. The minimum atomic E-state index is -0.275. The summed E-state index contributed by atoms with van der Waals surface area (Å²) in [6.45, 7) is 1.91. The zero-order valence-corrected chi connectivity index (χ0v) is 11.9. The van der Waals surface area contributed by atoms with Crippen molar-refractivity contribution in [2.45, 2.75) is 6.92 Å². The summed E-state index contributed by atoms with van der Waals surface area (Å²) >= 11 is 0. The zero-order valence-electron chi connectivity index (χ0n) is 11.9. The monoisotopic (exact) mass is 288 g/mol. The maximum atomic E-state index is 12.6. The smallest absolute Gasteiger partial charge is 0.266 e. The van der Waals surface area contributed by atoms with Crippen molar-refractivity contribution in [3.63, 3.8) is 0 Å². The van der Waals surface area contributed by atoms with Crippen LogP contribution in [-0.4, -0.2) is 16.8 Å². The molecule has 106 valence electrons. The summed E-state index contributed by atoms with van der Waals surface area (Å²) in [6.07, 6.45) is 1.69. The van der Waals surface area contributed by atoms with Gasteiger partial charge in [-0.05, 0) is 31.2 Å². The van der Waals surface area contributed by atoms with E-state index in [4.69, 9.17) is 0 Å². The van der Waals surface area contributed by atoms with Gasteiger partial charge in [0.25, 0.3) is 11.8 Å². The molecule has 0 saturated heterocycles. The van der Waals surface area contributed by atoms with E-state index in [1.165, 1.54) is 4.90 Å². The fraction of sp³-hybridized carbons (Fsp3) is 0.0556. The van der Waals surface area contributed by atoms with Crippen LogP contribution in [0.4, 0.5) is 5.69 Å². The van der Waals surface area contributed by atoms with E-state index < -0.39 is 0 Å². The van der Waals surface area contributed by atoms with Gasteiger partial charge < -0.3 is 0 Å². The molecule has 4 heteroatoms. The van der Waals surface area contributed by atoms with Crippen molar-refractivity contribution in [2.75, 3.05) is 4.90 Å². The van der Waals surface area contributed by atoms with E-state index in [1.54, 1.807) is 36.5 Å². The number of pyridine rings is 1. The molecule has 0 saturated carbocycles. The summed E-state index contributed by atoms with van der Waals surface area (Å²) < 4.78 is 0. The van der Waals surface area contributed by atoms with Crippen molar-refractivity contribution in [3.8, 4) is 0 Å². The Labute approximate surface area is 127 Å². The molecule has 0 bridgehead atoms. The molecule has 2 aromatic carbocycles. The Balaban J connectivity index is 1.97. The fourth-order valence-corrected chi connectivity index (χ4v) is 2.94. The lowest BCUT2D eigenvalue weighted by atomic mass is 10.1. The summed E-state index contributed by atoms with van der Waals surface area (Å²) in [4.78, 5) is 30.8. The first kappa shape index (κ1) is 12.7. The van der Waals surface area contributed by atoms with E-state index in [1.807, 2.05) is 25.1 Å². The second-order valence-corrected chi connectivity index (χ2v) is 5.26. The molecule has 0 radical (unpaired) electrons. The molecule has 2 heterocycles. The van der Waals surface area contributed by atoms with Crippen molar-refractivity contribution < 1.29 is 9.59 Å². The SMILES string of the molecule is Cc1nccc2c(N3C(=O)c4ccccc4C3=O)cccc12. The predicted octanol–water partition coefficient (Wildman–Crippen LogP) is 3.34. The number of nitrogens with zero attached hydrogens (tertiary/aromatic N) is 2.